The molecule has 0 radical (unpaired) electrons. The molecule has 134 valence electrons. The summed E-state index contributed by atoms with van der Waals surface area (Å²) in [5, 5.41) is 14.6. The van der Waals surface area contributed by atoms with Crippen LogP contribution in [0.4, 0.5) is 10.8 Å². The lowest BCUT2D eigenvalue weighted by molar-refractivity contribution is -0.116. The Morgan fingerprint density at radius 1 is 1.24 bits per heavy atom. The average Bonchev–Trinajstić information content (AvgIpc) is 2.98. The van der Waals surface area contributed by atoms with E-state index >= 15 is 0 Å². The van der Waals surface area contributed by atoms with Gasteiger partial charge in [0.1, 0.15) is 5.01 Å². The van der Waals surface area contributed by atoms with Crippen LogP contribution in [-0.2, 0) is 9.59 Å². The van der Waals surface area contributed by atoms with Crippen LogP contribution in [0.25, 0.3) is 0 Å². The number of hydrogen-bond donors (Lipinski definition) is 2. The monoisotopic (exact) mass is 378 g/mol. The van der Waals surface area contributed by atoms with Crippen LogP contribution in [-0.4, -0.2) is 27.3 Å². The Labute approximate surface area is 155 Å². The van der Waals surface area contributed by atoms with E-state index in [-0.39, 0.29) is 17.1 Å². The van der Waals surface area contributed by atoms with Crippen molar-refractivity contribution in [1.82, 2.24) is 10.2 Å². The summed E-state index contributed by atoms with van der Waals surface area (Å²) in [5.41, 5.74) is 0.749. The van der Waals surface area contributed by atoms with Gasteiger partial charge in [0.25, 0.3) is 0 Å². The van der Waals surface area contributed by atoms with E-state index in [2.05, 4.69) is 20.8 Å². The molecule has 0 saturated carbocycles. The minimum atomic E-state index is -0.245. The van der Waals surface area contributed by atoms with Crippen LogP contribution < -0.4 is 10.6 Å². The maximum absolute atomic E-state index is 12.4. The van der Waals surface area contributed by atoms with Crippen molar-refractivity contribution in [2.75, 3.05) is 10.6 Å². The molecule has 0 aliphatic rings. The number of hydrogen-bond acceptors (Lipinski definition) is 6. The van der Waals surface area contributed by atoms with Crippen molar-refractivity contribution >= 4 is 45.7 Å². The molecule has 2 N–H and O–H groups in total. The highest BCUT2D eigenvalue weighted by molar-refractivity contribution is 8.00. The van der Waals surface area contributed by atoms with E-state index in [0.29, 0.717) is 18.0 Å². The molecule has 2 rings (SSSR count). The van der Waals surface area contributed by atoms with Gasteiger partial charge in [0.05, 0.1) is 5.25 Å². The van der Waals surface area contributed by atoms with E-state index in [0.717, 1.165) is 22.0 Å². The Bertz CT molecular complexity index is 733. The standard InChI is InChI=1S/C17H22N4O2S2/c1-4-7-15(22)18-12-8-6-9-13(10-12)25-14(5-2)16(23)19-17-21-20-11(3)24-17/h6,8-10,14H,4-5,7H2,1-3H3,(H,18,22)(H,19,21,23). The van der Waals surface area contributed by atoms with Gasteiger partial charge in [-0.1, -0.05) is 31.3 Å². The fourth-order valence-electron chi connectivity index (χ4n) is 2.12. The number of anilines is 2. The fraction of sp³-hybridized carbons (Fsp3) is 0.412. The van der Waals surface area contributed by atoms with Gasteiger partial charge in [0.2, 0.25) is 16.9 Å². The number of aryl methyl sites for hydroxylation is 1. The topological polar surface area (TPSA) is 84.0 Å². The summed E-state index contributed by atoms with van der Waals surface area (Å²) in [4.78, 5) is 25.1. The SMILES string of the molecule is CCCC(=O)Nc1cccc(SC(CC)C(=O)Nc2nnc(C)s2)c1. The van der Waals surface area contributed by atoms with Gasteiger partial charge in [-0.25, -0.2) is 0 Å². The summed E-state index contributed by atoms with van der Waals surface area (Å²) in [6.45, 7) is 5.78. The molecule has 25 heavy (non-hydrogen) atoms. The average molecular weight is 379 g/mol. The maximum atomic E-state index is 12.4. The molecule has 0 fully saturated rings. The fourth-order valence-corrected chi connectivity index (χ4v) is 3.73. The lowest BCUT2D eigenvalue weighted by Crippen LogP contribution is -2.24. The van der Waals surface area contributed by atoms with E-state index in [1.54, 1.807) is 0 Å². The second kappa shape index (κ2) is 9.53. The molecule has 0 spiro atoms. The number of carbonyl (C=O) groups excluding carboxylic acids is 2. The highest BCUT2D eigenvalue weighted by Crippen LogP contribution is 2.29. The third-order valence-corrected chi connectivity index (χ3v) is 5.40. The molecule has 1 heterocycles. The van der Waals surface area contributed by atoms with Crippen molar-refractivity contribution < 1.29 is 9.59 Å². The molecule has 1 atom stereocenters. The Morgan fingerprint density at radius 3 is 2.68 bits per heavy atom. The van der Waals surface area contributed by atoms with Gasteiger partial charge in [-0.2, -0.15) is 0 Å². The van der Waals surface area contributed by atoms with Crippen LogP contribution >= 0.6 is 23.1 Å². The van der Waals surface area contributed by atoms with Crippen molar-refractivity contribution in [3.8, 4) is 0 Å². The van der Waals surface area contributed by atoms with Gasteiger partial charge in [0, 0.05) is 17.0 Å². The number of nitrogens with one attached hydrogen (secondary N) is 2. The van der Waals surface area contributed by atoms with E-state index in [1.165, 1.54) is 23.1 Å². The Balaban J connectivity index is 2.00. The number of carbonyl (C=O) groups is 2. The first-order valence-electron chi connectivity index (χ1n) is 8.19. The van der Waals surface area contributed by atoms with Crippen LogP contribution in [0.1, 0.15) is 38.1 Å². The predicted octanol–water partition coefficient (Wildman–Crippen LogP) is 4.09. The molecule has 0 aliphatic heterocycles. The lowest BCUT2D eigenvalue weighted by atomic mass is 10.3. The summed E-state index contributed by atoms with van der Waals surface area (Å²) < 4.78 is 0. The smallest absolute Gasteiger partial charge is 0.239 e. The molecule has 2 aromatic rings. The van der Waals surface area contributed by atoms with Gasteiger partial charge in [-0.15, -0.1) is 22.0 Å². The predicted molar refractivity (Wildman–Crippen MR) is 103 cm³/mol. The summed E-state index contributed by atoms with van der Waals surface area (Å²) in [6.07, 6.45) is 1.99. The van der Waals surface area contributed by atoms with Crippen LogP contribution in [0.5, 0.6) is 0 Å². The second-order valence-corrected chi connectivity index (χ2v) is 7.91. The van der Waals surface area contributed by atoms with Gasteiger partial charge in [0.15, 0.2) is 0 Å². The zero-order valence-electron chi connectivity index (χ0n) is 14.5. The van der Waals surface area contributed by atoms with E-state index in [9.17, 15) is 9.59 Å². The van der Waals surface area contributed by atoms with Crippen LogP contribution in [0, 0.1) is 6.92 Å². The lowest BCUT2D eigenvalue weighted by Gasteiger charge is -2.14. The maximum Gasteiger partial charge on any atom is 0.239 e. The van der Waals surface area contributed by atoms with E-state index in [1.807, 2.05) is 45.0 Å². The first-order valence-corrected chi connectivity index (χ1v) is 9.89. The van der Waals surface area contributed by atoms with Gasteiger partial charge in [-0.3, -0.25) is 14.9 Å². The van der Waals surface area contributed by atoms with Crippen LogP contribution in [0.15, 0.2) is 29.2 Å². The van der Waals surface area contributed by atoms with Gasteiger partial charge in [-0.05, 0) is 38.0 Å². The number of aromatic nitrogens is 2. The van der Waals surface area contributed by atoms with Crippen molar-refractivity contribution in [3.05, 3.63) is 29.3 Å². The summed E-state index contributed by atoms with van der Waals surface area (Å²) in [6, 6.07) is 7.56. The zero-order chi connectivity index (χ0) is 18.2. The van der Waals surface area contributed by atoms with E-state index in [4.69, 9.17) is 0 Å². The minimum absolute atomic E-state index is 0.000995. The number of nitrogens with zero attached hydrogens (tertiary/aromatic N) is 2. The summed E-state index contributed by atoms with van der Waals surface area (Å²) in [5.74, 6) is -0.0925. The molecule has 6 nitrogen and oxygen atoms in total. The Hall–Kier alpha value is -1.93. The Morgan fingerprint density at radius 2 is 2.04 bits per heavy atom. The van der Waals surface area contributed by atoms with Crippen molar-refractivity contribution in [1.29, 1.82) is 0 Å². The third kappa shape index (κ3) is 6.13. The summed E-state index contributed by atoms with van der Waals surface area (Å²) >= 11 is 2.82. The second-order valence-electron chi connectivity index (χ2n) is 5.46. The molecule has 1 aromatic heterocycles. The summed E-state index contributed by atoms with van der Waals surface area (Å²) in [7, 11) is 0. The molecular weight excluding hydrogens is 356 g/mol. The molecule has 0 bridgehead atoms. The van der Waals surface area contributed by atoms with E-state index < -0.39 is 0 Å². The van der Waals surface area contributed by atoms with Crippen molar-refractivity contribution in [3.63, 3.8) is 0 Å². The third-order valence-electron chi connectivity index (χ3n) is 3.29. The molecule has 2 amide bonds. The Kier molecular flexibility index (Phi) is 7.39. The molecular formula is C17H22N4O2S2. The van der Waals surface area contributed by atoms with Crippen LogP contribution in [0.2, 0.25) is 0 Å². The van der Waals surface area contributed by atoms with Gasteiger partial charge >= 0.3 is 0 Å². The molecule has 8 heteroatoms. The zero-order valence-corrected chi connectivity index (χ0v) is 16.2. The highest BCUT2D eigenvalue weighted by Gasteiger charge is 2.19. The minimum Gasteiger partial charge on any atom is -0.326 e. The number of thioether (sulfide) groups is 1. The molecule has 1 aromatic carbocycles. The largest absolute Gasteiger partial charge is 0.326 e. The first kappa shape index (κ1) is 19.4. The highest BCUT2D eigenvalue weighted by atomic mass is 32.2. The van der Waals surface area contributed by atoms with Crippen molar-refractivity contribution in [2.24, 2.45) is 0 Å². The molecule has 1 unspecified atom stereocenters. The number of amides is 2. The molecule has 0 saturated heterocycles. The molecule has 0 aliphatic carbocycles. The normalized spacial score (nSPS) is 11.8. The first-order chi connectivity index (χ1) is 12.0. The van der Waals surface area contributed by atoms with Crippen LogP contribution in [0.3, 0.4) is 0 Å². The van der Waals surface area contributed by atoms with Gasteiger partial charge < -0.3 is 5.32 Å². The van der Waals surface area contributed by atoms with Crippen molar-refractivity contribution in [2.45, 2.75) is 50.2 Å². The number of benzene rings is 1. The number of rotatable bonds is 8. The quantitative estimate of drug-likeness (QED) is 0.676.